The van der Waals surface area contributed by atoms with Gasteiger partial charge in [-0.1, -0.05) is 28.9 Å². The van der Waals surface area contributed by atoms with E-state index in [1.807, 2.05) is 30.3 Å². The van der Waals surface area contributed by atoms with Gasteiger partial charge in [0.1, 0.15) is 18.6 Å². The van der Waals surface area contributed by atoms with Crippen LogP contribution < -0.4 is 10.1 Å². The minimum Gasteiger partial charge on any atom is -0.490 e. The second kappa shape index (κ2) is 12.1. The molecule has 0 unspecified atom stereocenters. The largest absolute Gasteiger partial charge is 0.490 e. The first-order chi connectivity index (χ1) is 13.3. The van der Waals surface area contributed by atoms with Crippen LogP contribution in [0.1, 0.15) is 12.6 Å². The van der Waals surface area contributed by atoms with Crippen LogP contribution in [0.15, 0.2) is 46.1 Å². The predicted molar refractivity (Wildman–Crippen MR) is 122 cm³/mol. The van der Waals surface area contributed by atoms with Crippen LogP contribution in [0.3, 0.4) is 0 Å². The van der Waals surface area contributed by atoms with Gasteiger partial charge in [0.2, 0.25) is 0 Å². The minimum absolute atomic E-state index is 0. The van der Waals surface area contributed by atoms with Crippen LogP contribution >= 0.6 is 35.6 Å². The molecule has 1 fully saturated rings. The number of guanidine groups is 1. The smallest absolute Gasteiger partial charge is 0.194 e. The summed E-state index contributed by atoms with van der Waals surface area (Å²) >= 11 is 6.11. The summed E-state index contributed by atoms with van der Waals surface area (Å²) in [6, 6.07) is 9.40. The molecule has 154 valence electrons. The van der Waals surface area contributed by atoms with Crippen molar-refractivity contribution in [3.63, 3.8) is 0 Å². The number of halogens is 2. The maximum absolute atomic E-state index is 6.11. The van der Waals surface area contributed by atoms with Crippen molar-refractivity contribution in [2.75, 3.05) is 45.9 Å². The number of aromatic nitrogens is 1. The van der Waals surface area contributed by atoms with Crippen LogP contribution in [0.4, 0.5) is 0 Å². The number of piperazine rings is 1. The Balaban J connectivity index is 0.00000280. The van der Waals surface area contributed by atoms with Crippen LogP contribution in [0.25, 0.3) is 0 Å². The number of benzene rings is 1. The molecule has 0 bridgehead atoms. The number of nitrogens with zero attached hydrogens (tertiary/aromatic N) is 4. The highest BCUT2D eigenvalue weighted by Gasteiger charge is 2.20. The lowest BCUT2D eigenvalue weighted by atomic mass is 10.3. The van der Waals surface area contributed by atoms with E-state index in [1.165, 1.54) is 0 Å². The van der Waals surface area contributed by atoms with E-state index >= 15 is 0 Å². The van der Waals surface area contributed by atoms with Crippen molar-refractivity contribution >= 4 is 41.5 Å². The third-order valence-corrected chi connectivity index (χ3v) is 4.64. The van der Waals surface area contributed by atoms with Crippen molar-refractivity contribution in [1.82, 2.24) is 20.3 Å². The van der Waals surface area contributed by atoms with Crippen molar-refractivity contribution in [2.45, 2.75) is 13.5 Å². The van der Waals surface area contributed by atoms with Crippen molar-refractivity contribution < 1.29 is 9.26 Å². The number of hydrogen-bond donors (Lipinski definition) is 1. The highest BCUT2D eigenvalue weighted by atomic mass is 127. The van der Waals surface area contributed by atoms with Gasteiger partial charge in [0, 0.05) is 45.3 Å². The summed E-state index contributed by atoms with van der Waals surface area (Å²) in [4.78, 5) is 9.36. The van der Waals surface area contributed by atoms with Crippen LogP contribution in [0.5, 0.6) is 5.75 Å². The SMILES string of the molecule is CCNC(=NCCOc1ccccc1Cl)N1CCN(Cc2ccon2)CC1.I. The number of nitrogens with one attached hydrogen (secondary N) is 1. The van der Waals surface area contributed by atoms with Gasteiger partial charge in [-0.15, -0.1) is 24.0 Å². The van der Waals surface area contributed by atoms with E-state index in [1.54, 1.807) is 6.26 Å². The Kier molecular flexibility index (Phi) is 9.86. The van der Waals surface area contributed by atoms with Gasteiger partial charge >= 0.3 is 0 Å². The zero-order valence-corrected chi connectivity index (χ0v) is 19.1. The molecule has 1 N–H and O–H groups in total. The summed E-state index contributed by atoms with van der Waals surface area (Å²) < 4.78 is 10.6. The molecule has 0 spiro atoms. The Morgan fingerprint density at radius 1 is 1.25 bits per heavy atom. The fourth-order valence-corrected chi connectivity index (χ4v) is 3.15. The van der Waals surface area contributed by atoms with Crippen LogP contribution in [-0.2, 0) is 6.54 Å². The highest BCUT2D eigenvalue weighted by Crippen LogP contribution is 2.22. The molecule has 0 saturated carbocycles. The Bertz CT molecular complexity index is 721. The van der Waals surface area contributed by atoms with Gasteiger partial charge < -0.3 is 19.5 Å². The maximum Gasteiger partial charge on any atom is 0.194 e. The van der Waals surface area contributed by atoms with E-state index in [-0.39, 0.29) is 24.0 Å². The zero-order chi connectivity index (χ0) is 18.9. The van der Waals surface area contributed by atoms with Gasteiger partial charge in [-0.3, -0.25) is 4.90 Å². The number of hydrogen-bond acceptors (Lipinski definition) is 5. The van der Waals surface area contributed by atoms with Gasteiger partial charge in [-0.25, -0.2) is 4.99 Å². The Hall–Kier alpha value is -1.52. The molecule has 2 heterocycles. The fraction of sp³-hybridized carbons (Fsp3) is 0.474. The maximum atomic E-state index is 6.11. The minimum atomic E-state index is 0. The molecule has 1 aliphatic rings. The summed E-state index contributed by atoms with van der Waals surface area (Å²) in [5, 5.41) is 7.98. The molecule has 9 heteroatoms. The van der Waals surface area contributed by atoms with E-state index in [0.717, 1.165) is 50.9 Å². The van der Waals surface area contributed by atoms with E-state index in [4.69, 9.17) is 25.9 Å². The normalized spacial score (nSPS) is 15.2. The second-order valence-electron chi connectivity index (χ2n) is 6.27. The molecule has 1 saturated heterocycles. The van der Waals surface area contributed by atoms with Gasteiger partial charge in [0.05, 0.1) is 17.3 Å². The van der Waals surface area contributed by atoms with Gasteiger partial charge in [-0.05, 0) is 19.1 Å². The third kappa shape index (κ3) is 6.82. The average molecular weight is 520 g/mol. The molecular formula is C19H27ClIN5O2. The van der Waals surface area contributed by atoms with E-state index in [0.29, 0.717) is 23.9 Å². The number of ether oxygens (including phenoxy) is 1. The molecule has 1 aromatic heterocycles. The van der Waals surface area contributed by atoms with Crippen LogP contribution in [-0.4, -0.2) is 66.8 Å². The van der Waals surface area contributed by atoms with Crippen molar-refractivity contribution in [2.24, 2.45) is 4.99 Å². The molecule has 0 radical (unpaired) electrons. The first-order valence-electron chi connectivity index (χ1n) is 9.28. The molecule has 1 aromatic carbocycles. The Morgan fingerprint density at radius 3 is 2.71 bits per heavy atom. The van der Waals surface area contributed by atoms with E-state index in [9.17, 15) is 0 Å². The zero-order valence-electron chi connectivity index (χ0n) is 16.0. The number of rotatable bonds is 7. The molecule has 0 amide bonds. The van der Waals surface area contributed by atoms with Crippen molar-refractivity contribution in [3.8, 4) is 5.75 Å². The molecule has 0 atom stereocenters. The fourth-order valence-electron chi connectivity index (χ4n) is 2.96. The molecule has 2 aromatic rings. The van der Waals surface area contributed by atoms with Gasteiger partial charge in [0.15, 0.2) is 5.96 Å². The lowest BCUT2D eigenvalue weighted by Crippen LogP contribution is -2.52. The van der Waals surface area contributed by atoms with E-state index in [2.05, 4.69) is 27.2 Å². The van der Waals surface area contributed by atoms with Gasteiger partial charge in [-0.2, -0.15) is 0 Å². The highest BCUT2D eigenvalue weighted by molar-refractivity contribution is 14.0. The van der Waals surface area contributed by atoms with Gasteiger partial charge in [0.25, 0.3) is 0 Å². The quantitative estimate of drug-likeness (QED) is 0.262. The monoisotopic (exact) mass is 519 g/mol. The lowest BCUT2D eigenvalue weighted by Gasteiger charge is -2.36. The van der Waals surface area contributed by atoms with Crippen molar-refractivity contribution in [1.29, 1.82) is 0 Å². The Labute approximate surface area is 188 Å². The molecule has 28 heavy (non-hydrogen) atoms. The van der Waals surface area contributed by atoms with E-state index < -0.39 is 0 Å². The molecule has 0 aliphatic carbocycles. The Morgan fingerprint density at radius 2 is 2.04 bits per heavy atom. The summed E-state index contributed by atoms with van der Waals surface area (Å²) in [5.41, 5.74) is 0.973. The predicted octanol–water partition coefficient (Wildman–Crippen LogP) is 3.11. The summed E-state index contributed by atoms with van der Waals surface area (Å²) in [7, 11) is 0. The standard InChI is InChI=1S/C19H26ClN5O2.HI/c1-2-21-19(22-8-14-26-18-6-4-3-5-17(18)20)25-11-9-24(10-12-25)15-16-7-13-27-23-16;/h3-7,13H,2,8-12,14-15H2,1H3,(H,21,22);1H. The average Bonchev–Trinajstić information content (AvgIpc) is 3.19. The van der Waals surface area contributed by atoms with Crippen LogP contribution in [0.2, 0.25) is 5.02 Å². The van der Waals surface area contributed by atoms with Crippen LogP contribution in [0, 0.1) is 0 Å². The summed E-state index contributed by atoms with van der Waals surface area (Å²) in [5.74, 6) is 1.63. The topological polar surface area (TPSA) is 66.1 Å². The first-order valence-corrected chi connectivity index (χ1v) is 9.66. The third-order valence-electron chi connectivity index (χ3n) is 4.33. The van der Waals surface area contributed by atoms with Crippen molar-refractivity contribution in [3.05, 3.63) is 47.3 Å². The number of aliphatic imine (C=N–C) groups is 1. The molecule has 1 aliphatic heterocycles. The molecular weight excluding hydrogens is 493 g/mol. The number of para-hydroxylation sites is 1. The summed E-state index contributed by atoms with van der Waals surface area (Å²) in [6.07, 6.45) is 1.62. The summed E-state index contributed by atoms with van der Waals surface area (Å²) in [6.45, 7) is 8.59. The first kappa shape index (κ1) is 22.8. The lowest BCUT2D eigenvalue weighted by molar-refractivity contribution is 0.169. The molecule has 3 rings (SSSR count). The molecule has 7 nitrogen and oxygen atoms in total. The second-order valence-corrected chi connectivity index (χ2v) is 6.68.